The Kier molecular flexibility index (Phi) is 3.42. The van der Waals surface area contributed by atoms with E-state index < -0.39 is 0 Å². The molecule has 1 aliphatic heterocycles. The molecule has 6 nitrogen and oxygen atoms in total. The fraction of sp³-hybridized carbons (Fsp3) is 0.111. The van der Waals surface area contributed by atoms with Gasteiger partial charge in [0.1, 0.15) is 6.54 Å². The molecule has 0 saturated carbocycles. The topological polar surface area (TPSA) is 69.6 Å². The van der Waals surface area contributed by atoms with Gasteiger partial charge in [0.15, 0.2) is 16.9 Å². The Morgan fingerprint density at radius 3 is 2.83 bits per heavy atom. The molecule has 6 heteroatoms. The summed E-state index contributed by atoms with van der Waals surface area (Å²) < 4.78 is 12.3. The Morgan fingerprint density at radius 1 is 1.08 bits per heavy atom. The van der Waals surface area contributed by atoms with Crippen molar-refractivity contribution in [2.45, 2.75) is 6.54 Å². The van der Waals surface area contributed by atoms with E-state index in [0.29, 0.717) is 22.6 Å². The first kappa shape index (κ1) is 14.3. The van der Waals surface area contributed by atoms with E-state index >= 15 is 0 Å². The summed E-state index contributed by atoms with van der Waals surface area (Å²) in [6.07, 6.45) is 1.63. The van der Waals surface area contributed by atoms with Crippen molar-refractivity contribution in [2.75, 3.05) is 12.1 Å². The van der Waals surface area contributed by atoms with Gasteiger partial charge in [-0.1, -0.05) is 12.1 Å². The molecule has 120 valence electrons. The van der Waals surface area contributed by atoms with Crippen molar-refractivity contribution in [3.05, 3.63) is 65.0 Å². The summed E-state index contributed by atoms with van der Waals surface area (Å²) in [5.41, 5.74) is 1.30. The lowest BCUT2D eigenvalue weighted by Crippen LogP contribution is -2.20. The first-order chi connectivity index (χ1) is 11.7. The number of hydrogen-bond donors (Lipinski definition) is 1. The van der Waals surface area contributed by atoms with Gasteiger partial charge in [0.05, 0.1) is 5.52 Å². The van der Waals surface area contributed by atoms with Crippen molar-refractivity contribution in [2.24, 2.45) is 0 Å². The zero-order valence-corrected chi connectivity index (χ0v) is 12.7. The van der Waals surface area contributed by atoms with E-state index in [9.17, 15) is 9.59 Å². The minimum atomic E-state index is -0.192. The van der Waals surface area contributed by atoms with Gasteiger partial charge in [-0.25, -0.2) is 0 Å². The SMILES string of the molecule is O=C(Cn1ccc(=O)c2ccccc21)Nc1ccc2c(c1)OCO2. The van der Waals surface area contributed by atoms with Gasteiger partial charge in [0, 0.05) is 29.4 Å². The summed E-state index contributed by atoms with van der Waals surface area (Å²) in [6, 6.07) is 13.9. The average molecular weight is 322 g/mol. The van der Waals surface area contributed by atoms with Crippen molar-refractivity contribution in [3.8, 4) is 11.5 Å². The maximum absolute atomic E-state index is 12.3. The van der Waals surface area contributed by atoms with Crippen LogP contribution >= 0.6 is 0 Å². The van der Waals surface area contributed by atoms with Gasteiger partial charge >= 0.3 is 0 Å². The van der Waals surface area contributed by atoms with Gasteiger partial charge < -0.3 is 19.4 Å². The number of fused-ring (bicyclic) bond motifs is 2. The highest BCUT2D eigenvalue weighted by molar-refractivity contribution is 5.92. The van der Waals surface area contributed by atoms with Crippen molar-refractivity contribution in [1.29, 1.82) is 0 Å². The molecular formula is C18H14N2O4. The lowest BCUT2D eigenvalue weighted by atomic mass is 10.2. The molecule has 0 atom stereocenters. The molecule has 0 radical (unpaired) electrons. The highest BCUT2D eigenvalue weighted by atomic mass is 16.7. The van der Waals surface area contributed by atoms with Gasteiger partial charge in [-0.05, 0) is 24.3 Å². The normalized spacial score (nSPS) is 12.3. The van der Waals surface area contributed by atoms with Gasteiger partial charge in [0.25, 0.3) is 0 Å². The van der Waals surface area contributed by atoms with Gasteiger partial charge in [-0.2, -0.15) is 0 Å². The van der Waals surface area contributed by atoms with Gasteiger partial charge in [-0.3, -0.25) is 9.59 Å². The number of carbonyl (C=O) groups is 1. The second-order valence-corrected chi connectivity index (χ2v) is 5.44. The molecule has 1 amide bonds. The Labute approximate surface area is 137 Å². The van der Waals surface area contributed by atoms with E-state index in [1.807, 2.05) is 12.1 Å². The third kappa shape index (κ3) is 2.58. The molecule has 0 saturated heterocycles. The number of nitrogens with one attached hydrogen (secondary N) is 1. The van der Waals surface area contributed by atoms with E-state index in [1.54, 1.807) is 41.1 Å². The van der Waals surface area contributed by atoms with Crippen molar-refractivity contribution >= 4 is 22.5 Å². The molecule has 1 aromatic heterocycles. The summed E-state index contributed by atoms with van der Waals surface area (Å²) in [4.78, 5) is 24.2. The van der Waals surface area contributed by atoms with Gasteiger partial charge in [0.2, 0.25) is 12.7 Å². The van der Waals surface area contributed by atoms with E-state index in [1.165, 1.54) is 6.07 Å². The van der Waals surface area contributed by atoms with Crippen LogP contribution in [0.2, 0.25) is 0 Å². The molecule has 0 spiro atoms. The maximum atomic E-state index is 12.3. The minimum absolute atomic E-state index is 0.0574. The zero-order chi connectivity index (χ0) is 16.5. The van der Waals surface area contributed by atoms with E-state index in [4.69, 9.17) is 9.47 Å². The van der Waals surface area contributed by atoms with Gasteiger partial charge in [-0.15, -0.1) is 0 Å². The number of anilines is 1. The number of aromatic nitrogens is 1. The van der Waals surface area contributed by atoms with E-state index in [-0.39, 0.29) is 24.7 Å². The van der Waals surface area contributed by atoms with Crippen LogP contribution in [0.15, 0.2) is 59.5 Å². The molecule has 3 aromatic rings. The molecule has 0 bridgehead atoms. The van der Waals surface area contributed by atoms with Crippen LogP contribution in [0.4, 0.5) is 5.69 Å². The molecule has 0 fully saturated rings. The number of benzene rings is 2. The lowest BCUT2D eigenvalue weighted by Gasteiger charge is -2.11. The monoisotopic (exact) mass is 322 g/mol. The average Bonchev–Trinajstić information content (AvgIpc) is 3.05. The third-order valence-electron chi connectivity index (χ3n) is 3.86. The summed E-state index contributed by atoms with van der Waals surface area (Å²) in [6.45, 7) is 0.297. The number of rotatable bonds is 3. The van der Waals surface area contributed by atoms with Crippen LogP contribution in [0.1, 0.15) is 0 Å². The molecule has 0 aliphatic carbocycles. The predicted octanol–water partition coefficient (Wildman–Crippen LogP) is 2.37. The molecule has 1 aliphatic rings. The van der Waals surface area contributed by atoms with Crippen LogP contribution in [-0.4, -0.2) is 17.3 Å². The van der Waals surface area contributed by atoms with Crippen LogP contribution in [0, 0.1) is 0 Å². The Hall–Kier alpha value is -3.28. The molecule has 2 aromatic carbocycles. The number of ether oxygens (including phenoxy) is 2. The lowest BCUT2D eigenvalue weighted by molar-refractivity contribution is -0.116. The first-order valence-electron chi connectivity index (χ1n) is 7.48. The number of carbonyl (C=O) groups excluding carboxylic acids is 1. The summed E-state index contributed by atoms with van der Waals surface area (Å²) in [5.74, 6) is 1.09. The largest absolute Gasteiger partial charge is 0.454 e. The van der Waals surface area contributed by atoms with Crippen molar-refractivity contribution in [1.82, 2.24) is 4.57 Å². The summed E-state index contributed by atoms with van der Waals surface area (Å²) >= 11 is 0. The minimum Gasteiger partial charge on any atom is -0.454 e. The number of pyridine rings is 1. The second kappa shape index (κ2) is 5.73. The first-order valence-corrected chi connectivity index (χ1v) is 7.48. The standard InChI is InChI=1S/C18H14N2O4/c21-15-7-8-20(14-4-2-1-3-13(14)15)10-18(22)19-12-5-6-16-17(9-12)24-11-23-16/h1-9H,10-11H2,(H,19,22). The molecule has 4 rings (SSSR count). The number of amides is 1. The number of para-hydroxylation sites is 1. The van der Waals surface area contributed by atoms with Crippen LogP contribution in [0.5, 0.6) is 11.5 Å². The Bertz CT molecular complexity index is 994. The van der Waals surface area contributed by atoms with Crippen LogP contribution < -0.4 is 20.2 Å². The second-order valence-electron chi connectivity index (χ2n) is 5.44. The van der Waals surface area contributed by atoms with Crippen LogP contribution in [0.25, 0.3) is 10.9 Å². The van der Waals surface area contributed by atoms with E-state index in [2.05, 4.69) is 5.32 Å². The predicted molar refractivity (Wildman–Crippen MR) is 89.4 cm³/mol. The smallest absolute Gasteiger partial charge is 0.244 e. The molecular weight excluding hydrogens is 308 g/mol. The molecule has 0 unspecified atom stereocenters. The highest BCUT2D eigenvalue weighted by Crippen LogP contribution is 2.34. The number of nitrogens with zero attached hydrogens (tertiary/aromatic N) is 1. The number of hydrogen-bond acceptors (Lipinski definition) is 4. The Morgan fingerprint density at radius 2 is 1.92 bits per heavy atom. The highest BCUT2D eigenvalue weighted by Gasteiger charge is 2.14. The molecule has 2 heterocycles. The Balaban J connectivity index is 1.57. The van der Waals surface area contributed by atoms with Crippen molar-refractivity contribution in [3.63, 3.8) is 0 Å². The third-order valence-corrected chi connectivity index (χ3v) is 3.86. The van der Waals surface area contributed by atoms with Crippen LogP contribution in [-0.2, 0) is 11.3 Å². The molecule has 1 N–H and O–H groups in total. The fourth-order valence-electron chi connectivity index (χ4n) is 2.73. The summed E-state index contributed by atoms with van der Waals surface area (Å²) in [7, 11) is 0. The maximum Gasteiger partial charge on any atom is 0.244 e. The fourth-order valence-corrected chi connectivity index (χ4v) is 2.73. The molecule has 24 heavy (non-hydrogen) atoms. The van der Waals surface area contributed by atoms with Crippen LogP contribution in [0.3, 0.4) is 0 Å². The van der Waals surface area contributed by atoms with E-state index in [0.717, 1.165) is 5.52 Å². The zero-order valence-electron chi connectivity index (χ0n) is 12.7. The quantitative estimate of drug-likeness (QED) is 0.804. The summed E-state index contributed by atoms with van der Waals surface area (Å²) in [5, 5.41) is 3.42. The van der Waals surface area contributed by atoms with Crippen molar-refractivity contribution < 1.29 is 14.3 Å².